The predicted octanol–water partition coefficient (Wildman–Crippen LogP) is -2.09. The maximum Gasteiger partial charge on any atom is 0.221 e. The Labute approximate surface area is 107 Å². The maximum absolute atomic E-state index is 11.2. The number of carbonyl (C=O) groups is 2. The van der Waals surface area contributed by atoms with Crippen molar-refractivity contribution in [1.29, 1.82) is 0 Å². The standard InChI is InChI=1S/C11H23N3O4/c1-12-10(17)3-5-14(9(7-15)8-16)6-4-11(18)13-2/h9,15-16H,3-8H2,1-2H3,(H,12,17)(H,13,18). The van der Waals surface area contributed by atoms with E-state index >= 15 is 0 Å². The molecule has 2 amide bonds. The summed E-state index contributed by atoms with van der Waals surface area (Å²) in [5.41, 5.74) is 0. The molecule has 0 aliphatic carbocycles. The molecule has 0 saturated carbocycles. The molecule has 4 N–H and O–H groups in total. The third-order valence-electron chi connectivity index (χ3n) is 2.75. The molecule has 7 heteroatoms. The zero-order valence-corrected chi connectivity index (χ0v) is 11.0. The van der Waals surface area contributed by atoms with Crippen LogP contribution in [0, 0.1) is 0 Å². The van der Waals surface area contributed by atoms with E-state index in [9.17, 15) is 9.59 Å². The average Bonchev–Trinajstić information content (AvgIpc) is 2.41. The quantitative estimate of drug-likeness (QED) is 0.381. The minimum Gasteiger partial charge on any atom is -0.395 e. The van der Waals surface area contributed by atoms with Crippen molar-refractivity contribution in [2.24, 2.45) is 0 Å². The Balaban J connectivity index is 4.32. The topological polar surface area (TPSA) is 102 Å². The van der Waals surface area contributed by atoms with Gasteiger partial charge in [0.2, 0.25) is 11.8 Å². The van der Waals surface area contributed by atoms with Crippen LogP contribution in [0.25, 0.3) is 0 Å². The summed E-state index contributed by atoms with van der Waals surface area (Å²) in [6.07, 6.45) is 0.529. The minimum atomic E-state index is -0.445. The lowest BCUT2D eigenvalue weighted by Crippen LogP contribution is -2.44. The smallest absolute Gasteiger partial charge is 0.221 e. The van der Waals surface area contributed by atoms with Crippen molar-refractivity contribution in [1.82, 2.24) is 15.5 Å². The summed E-state index contributed by atoms with van der Waals surface area (Å²) in [5, 5.41) is 23.3. The molecule has 0 aromatic rings. The Morgan fingerprint density at radius 2 is 1.39 bits per heavy atom. The van der Waals surface area contributed by atoms with E-state index in [1.807, 2.05) is 0 Å². The summed E-state index contributed by atoms with van der Waals surface area (Å²) in [6.45, 7) is 0.362. The van der Waals surface area contributed by atoms with Gasteiger partial charge < -0.3 is 20.8 Å². The molecule has 0 aliphatic heterocycles. The Kier molecular flexibility index (Phi) is 9.17. The molecule has 0 rings (SSSR count). The van der Waals surface area contributed by atoms with Crippen LogP contribution in [0.4, 0.5) is 0 Å². The molecule has 0 fully saturated rings. The SMILES string of the molecule is CNC(=O)CCN(CCC(=O)NC)C(CO)CO. The monoisotopic (exact) mass is 261 g/mol. The number of nitrogens with zero attached hydrogens (tertiary/aromatic N) is 1. The van der Waals surface area contributed by atoms with E-state index in [2.05, 4.69) is 10.6 Å². The summed E-state index contributed by atoms with van der Waals surface area (Å²) in [5.74, 6) is -0.232. The van der Waals surface area contributed by atoms with Gasteiger partial charge in [-0.05, 0) is 0 Å². The molecule has 0 heterocycles. The van der Waals surface area contributed by atoms with Crippen LogP contribution in [0.3, 0.4) is 0 Å². The molecule has 106 valence electrons. The van der Waals surface area contributed by atoms with Gasteiger partial charge in [-0.1, -0.05) is 0 Å². The number of nitrogens with one attached hydrogen (secondary N) is 2. The van der Waals surface area contributed by atoms with Crippen molar-refractivity contribution >= 4 is 11.8 Å². The lowest BCUT2D eigenvalue weighted by atomic mass is 10.2. The molecule has 0 unspecified atom stereocenters. The zero-order valence-electron chi connectivity index (χ0n) is 11.0. The molecule has 18 heavy (non-hydrogen) atoms. The number of carbonyl (C=O) groups excluding carboxylic acids is 2. The van der Waals surface area contributed by atoms with Crippen LogP contribution in [-0.2, 0) is 9.59 Å². The van der Waals surface area contributed by atoms with Crippen LogP contribution in [0.1, 0.15) is 12.8 Å². The molecule has 0 saturated heterocycles. The van der Waals surface area contributed by atoms with Crippen molar-refractivity contribution in [3.05, 3.63) is 0 Å². The number of aliphatic hydroxyl groups excluding tert-OH is 2. The van der Waals surface area contributed by atoms with Crippen LogP contribution < -0.4 is 10.6 Å². The number of hydrogen-bond acceptors (Lipinski definition) is 5. The summed E-state index contributed by atoms with van der Waals surface area (Å²) in [7, 11) is 3.10. The Morgan fingerprint density at radius 3 is 1.67 bits per heavy atom. The van der Waals surface area contributed by atoms with E-state index < -0.39 is 6.04 Å². The van der Waals surface area contributed by atoms with Gasteiger partial charge in [0.25, 0.3) is 0 Å². The molecule has 7 nitrogen and oxygen atoms in total. The van der Waals surface area contributed by atoms with Gasteiger partial charge in [-0.15, -0.1) is 0 Å². The van der Waals surface area contributed by atoms with Gasteiger partial charge >= 0.3 is 0 Å². The maximum atomic E-state index is 11.2. The Hall–Kier alpha value is -1.18. The second-order valence-electron chi connectivity index (χ2n) is 3.90. The number of hydrogen-bond donors (Lipinski definition) is 4. The zero-order chi connectivity index (χ0) is 14.0. The van der Waals surface area contributed by atoms with Crippen LogP contribution in [0.15, 0.2) is 0 Å². The first-order chi connectivity index (χ1) is 8.58. The molecule has 0 bridgehead atoms. The summed E-state index contributed by atoms with van der Waals surface area (Å²) >= 11 is 0. The lowest BCUT2D eigenvalue weighted by molar-refractivity contribution is -0.121. The van der Waals surface area contributed by atoms with Crippen LogP contribution in [0.5, 0.6) is 0 Å². The van der Waals surface area contributed by atoms with Crippen LogP contribution >= 0.6 is 0 Å². The first-order valence-electron chi connectivity index (χ1n) is 5.95. The molecule has 0 aromatic heterocycles. The van der Waals surface area contributed by atoms with E-state index in [1.165, 1.54) is 0 Å². The van der Waals surface area contributed by atoms with Gasteiger partial charge in [-0.3, -0.25) is 14.5 Å². The fraction of sp³-hybridized carbons (Fsp3) is 0.818. The van der Waals surface area contributed by atoms with Gasteiger partial charge in [0.1, 0.15) is 0 Å². The molecule has 0 spiro atoms. The molecule has 0 radical (unpaired) electrons. The Bertz CT molecular complexity index is 237. The van der Waals surface area contributed by atoms with Gasteiger partial charge in [0, 0.05) is 40.0 Å². The molecular weight excluding hydrogens is 238 g/mol. The highest BCUT2D eigenvalue weighted by atomic mass is 16.3. The first-order valence-corrected chi connectivity index (χ1v) is 5.95. The fourth-order valence-electron chi connectivity index (χ4n) is 1.51. The van der Waals surface area contributed by atoms with Crippen molar-refractivity contribution in [2.45, 2.75) is 18.9 Å². The first kappa shape index (κ1) is 16.8. The summed E-state index contributed by atoms with van der Waals surface area (Å²) < 4.78 is 0. The highest BCUT2D eigenvalue weighted by molar-refractivity contribution is 5.76. The van der Waals surface area contributed by atoms with E-state index in [4.69, 9.17) is 10.2 Å². The molecular formula is C11H23N3O4. The third-order valence-corrected chi connectivity index (χ3v) is 2.75. The van der Waals surface area contributed by atoms with E-state index in [0.29, 0.717) is 13.1 Å². The van der Waals surface area contributed by atoms with E-state index in [1.54, 1.807) is 19.0 Å². The second kappa shape index (κ2) is 9.81. The fourth-order valence-corrected chi connectivity index (χ4v) is 1.51. The molecule has 0 aromatic carbocycles. The molecule has 0 aliphatic rings. The highest BCUT2D eigenvalue weighted by Gasteiger charge is 2.18. The number of rotatable bonds is 9. The Morgan fingerprint density at radius 1 is 1.00 bits per heavy atom. The normalized spacial score (nSPS) is 10.8. The van der Waals surface area contributed by atoms with Gasteiger partial charge in [0.15, 0.2) is 0 Å². The van der Waals surface area contributed by atoms with Gasteiger partial charge in [-0.2, -0.15) is 0 Å². The third kappa shape index (κ3) is 6.53. The summed E-state index contributed by atoms with van der Waals surface area (Å²) in [6, 6.07) is -0.445. The number of aliphatic hydroxyl groups is 2. The minimum absolute atomic E-state index is 0.116. The highest BCUT2D eigenvalue weighted by Crippen LogP contribution is 2.02. The van der Waals surface area contributed by atoms with Crippen molar-refractivity contribution in [2.75, 3.05) is 40.4 Å². The van der Waals surface area contributed by atoms with Crippen LogP contribution in [-0.4, -0.2) is 73.4 Å². The number of amides is 2. The van der Waals surface area contributed by atoms with E-state index in [-0.39, 0.29) is 37.9 Å². The van der Waals surface area contributed by atoms with Gasteiger partial charge in [0.05, 0.1) is 19.3 Å². The largest absolute Gasteiger partial charge is 0.395 e. The average molecular weight is 261 g/mol. The second-order valence-corrected chi connectivity index (χ2v) is 3.90. The summed E-state index contributed by atoms with van der Waals surface area (Å²) in [4.78, 5) is 24.1. The van der Waals surface area contributed by atoms with Gasteiger partial charge in [-0.25, -0.2) is 0 Å². The van der Waals surface area contributed by atoms with Crippen LogP contribution in [0.2, 0.25) is 0 Å². The predicted molar refractivity (Wildman–Crippen MR) is 66.9 cm³/mol. The lowest BCUT2D eigenvalue weighted by Gasteiger charge is -2.28. The molecule has 0 atom stereocenters. The van der Waals surface area contributed by atoms with Crippen molar-refractivity contribution < 1.29 is 19.8 Å². The van der Waals surface area contributed by atoms with E-state index in [0.717, 1.165) is 0 Å². The van der Waals surface area contributed by atoms with Crippen molar-refractivity contribution in [3.8, 4) is 0 Å². The van der Waals surface area contributed by atoms with Crippen molar-refractivity contribution in [3.63, 3.8) is 0 Å².